The molecule has 7 nitrogen and oxygen atoms in total. The Morgan fingerprint density at radius 1 is 1.20 bits per heavy atom. The Balaban J connectivity index is 1.88. The predicted octanol–water partition coefficient (Wildman–Crippen LogP) is 3.41. The molecule has 0 saturated carbocycles. The third-order valence-corrected chi connectivity index (χ3v) is 5.90. The first kappa shape index (κ1) is 21.5. The van der Waals surface area contributed by atoms with Crippen LogP contribution in [-0.2, 0) is 11.3 Å². The van der Waals surface area contributed by atoms with Crippen molar-refractivity contribution >= 4 is 45.3 Å². The van der Waals surface area contributed by atoms with Crippen LogP contribution in [-0.4, -0.2) is 33.8 Å². The molecular weight excluding hydrogens is 420 g/mol. The number of carbonyl (C=O) groups is 2. The van der Waals surface area contributed by atoms with Crippen molar-refractivity contribution in [3.05, 3.63) is 71.4 Å². The lowest BCUT2D eigenvalue weighted by Gasteiger charge is -2.11. The van der Waals surface area contributed by atoms with Gasteiger partial charge >= 0.3 is 6.03 Å². The van der Waals surface area contributed by atoms with E-state index < -0.39 is 11.9 Å². The topological polar surface area (TPSA) is 93.1 Å². The van der Waals surface area contributed by atoms with Crippen LogP contribution in [0.4, 0.5) is 4.79 Å². The Morgan fingerprint density at radius 3 is 2.67 bits per heavy atom. The number of rotatable bonds is 8. The number of thioether (sulfide) groups is 1. The summed E-state index contributed by atoms with van der Waals surface area (Å²) in [5, 5.41) is 7.55. The first-order valence-electron chi connectivity index (χ1n) is 9.05. The number of nitrogens with one attached hydrogen (secondary N) is 2. The molecule has 1 aromatic carbocycles. The van der Waals surface area contributed by atoms with E-state index in [1.54, 1.807) is 6.08 Å². The Kier molecular flexibility index (Phi) is 7.21. The van der Waals surface area contributed by atoms with Crippen molar-refractivity contribution in [1.29, 1.82) is 0 Å². The van der Waals surface area contributed by atoms with Gasteiger partial charge in [0.25, 0.3) is 5.56 Å². The molecule has 0 unspecified atom stereocenters. The number of nitrogens with zero attached hydrogens (tertiary/aromatic N) is 2. The summed E-state index contributed by atoms with van der Waals surface area (Å²) in [4.78, 5) is 42.1. The second kappa shape index (κ2) is 10.0. The van der Waals surface area contributed by atoms with Crippen LogP contribution >= 0.6 is 23.1 Å². The quantitative estimate of drug-likeness (QED) is 0.318. The summed E-state index contributed by atoms with van der Waals surface area (Å²) >= 11 is 2.47. The van der Waals surface area contributed by atoms with E-state index in [9.17, 15) is 14.4 Å². The number of allylic oxidation sites excluding steroid dienone is 1. The Bertz CT molecular complexity index is 1150. The van der Waals surface area contributed by atoms with Crippen LogP contribution in [0.3, 0.4) is 0 Å². The number of imide groups is 1. The van der Waals surface area contributed by atoms with Gasteiger partial charge in [0.2, 0.25) is 5.91 Å². The molecule has 0 aliphatic heterocycles. The van der Waals surface area contributed by atoms with Crippen molar-refractivity contribution in [3.8, 4) is 11.1 Å². The molecule has 0 aliphatic rings. The van der Waals surface area contributed by atoms with Crippen LogP contribution in [0, 0.1) is 0 Å². The normalized spacial score (nSPS) is 10.5. The molecule has 2 N–H and O–H groups in total. The highest BCUT2D eigenvalue weighted by atomic mass is 32.2. The van der Waals surface area contributed by atoms with Crippen LogP contribution in [0.25, 0.3) is 21.3 Å². The maximum atomic E-state index is 13.2. The van der Waals surface area contributed by atoms with Crippen molar-refractivity contribution in [3.63, 3.8) is 0 Å². The fraction of sp³-hybridized carbons (Fsp3) is 0.143. The number of benzene rings is 1. The minimum Gasteiger partial charge on any atom is -0.334 e. The molecule has 3 aromatic rings. The van der Waals surface area contributed by atoms with E-state index in [2.05, 4.69) is 28.8 Å². The predicted molar refractivity (Wildman–Crippen MR) is 122 cm³/mol. The number of urea groups is 1. The van der Waals surface area contributed by atoms with Gasteiger partial charge in [-0.25, -0.2) is 9.78 Å². The SMILES string of the molecule is C=CCNC(=O)NC(=O)CSc1nc2scc(-c3ccccc3)c2c(=O)n1CC=C. The largest absolute Gasteiger partial charge is 0.334 e. The number of thiophene rings is 1. The summed E-state index contributed by atoms with van der Waals surface area (Å²) in [5.74, 6) is -0.551. The van der Waals surface area contributed by atoms with Gasteiger partial charge in [-0.1, -0.05) is 54.2 Å². The molecule has 154 valence electrons. The van der Waals surface area contributed by atoms with Crippen LogP contribution < -0.4 is 16.2 Å². The molecule has 0 radical (unpaired) electrons. The number of fused-ring (bicyclic) bond motifs is 1. The number of hydrogen-bond acceptors (Lipinski definition) is 6. The minimum atomic E-state index is -0.599. The average molecular weight is 441 g/mol. The van der Waals surface area contributed by atoms with Gasteiger partial charge in [0.15, 0.2) is 5.16 Å². The summed E-state index contributed by atoms with van der Waals surface area (Å²) < 4.78 is 1.49. The van der Waals surface area contributed by atoms with Crippen molar-refractivity contribution in [2.24, 2.45) is 0 Å². The second-order valence-corrected chi connectivity index (χ2v) is 7.93. The molecule has 3 amide bonds. The highest BCUT2D eigenvalue weighted by molar-refractivity contribution is 7.99. The van der Waals surface area contributed by atoms with Gasteiger partial charge in [-0.05, 0) is 5.56 Å². The first-order valence-corrected chi connectivity index (χ1v) is 10.9. The molecular formula is C21H20N4O3S2. The van der Waals surface area contributed by atoms with E-state index >= 15 is 0 Å². The fourth-order valence-electron chi connectivity index (χ4n) is 2.74. The van der Waals surface area contributed by atoms with Crippen LogP contribution in [0.2, 0.25) is 0 Å². The van der Waals surface area contributed by atoms with Crippen LogP contribution in [0.15, 0.2) is 71.0 Å². The van der Waals surface area contributed by atoms with E-state index in [1.165, 1.54) is 22.0 Å². The molecule has 0 spiro atoms. The zero-order valence-electron chi connectivity index (χ0n) is 16.1. The molecule has 2 heterocycles. The van der Waals surface area contributed by atoms with Crippen molar-refractivity contribution in [1.82, 2.24) is 20.2 Å². The van der Waals surface area contributed by atoms with E-state index in [-0.39, 0.29) is 24.4 Å². The zero-order valence-corrected chi connectivity index (χ0v) is 17.7. The number of hydrogen-bond donors (Lipinski definition) is 2. The Labute approximate surface area is 181 Å². The van der Waals surface area contributed by atoms with Gasteiger partial charge in [-0.15, -0.1) is 24.5 Å². The molecule has 0 bridgehead atoms. The second-order valence-electron chi connectivity index (χ2n) is 6.13. The molecule has 0 saturated heterocycles. The van der Waals surface area contributed by atoms with E-state index in [0.29, 0.717) is 15.4 Å². The van der Waals surface area contributed by atoms with Gasteiger partial charge < -0.3 is 5.32 Å². The van der Waals surface area contributed by atoms with Gasteiger partial charge in [0.05, 0.1) is 11.1 Å². The molecule has 9 heteroatoms. The number of aromatic nitrogens is 2. The fourth-order valence-corrected chi connectivity index (χ4v) is 4.54. The molecule has 2 aromatic heterocycles. The summed E-state index contributed by atoms with van der Waals surface area (Å²) in [6, 6.07) is 9.06. The van der Waals surface area contributed by atoms with Gasteiger partial charge in [-0.3, -0.25) is 19.5 Å². The van der Waals surface area contributed by atoms with Gasteiger partial charge in [0.1, 0.15) is 4.83 Å². The number of carbonyl (C=O) groups excluding carboxylic acids is 2. The van der Waals surface area contributed by atoms with E-state index in [1.807, 2.05) is 35.7 Å². The smallest absolute Gasteiger partial charge is 0.321 e. The molecule has 0 aliphatic carbocycles. The standard InChI is InChI=1S/C21H20N4O3S2/c1-3-10-22-20(28)23-16(26)13-30-21-24-18-17(19(27)25(21)11-4-2)15(12-29-18)14-8-6-5-7-9-14/h3-9,12H,1-2,10-11,13H2,(H2,22,23,26,28). The van der Waals surface area contributed by atoms with E-state index in [4.69, 9.17) is 0 Å². The lowest BCUT2D eigenvalue weighted by molar-refractivity contribution is -0.117. The lowest BCUT2D eigenvalue weighted by Crippen LogP contribution is -2.40. The first-order chi connectivity index (χ1) is 14.5. The Hall–Kier alpha value is -3.17. The van der Waals surface area contributed by atoms with Crippen molar-refractivity contribution in [2.75, 3.05) is 12.3 Å². The maximum absolute atomic E-state index is 13.2. The van der Waals surface area contributed by atoms with Gasteiger partial charge in [0, 0.05) is 24.0 Å². The Morgan fingerprint density at radius 2 is 1.97 bits per heavy atom. The summed E-state index contributed by atoms with van der Waals surface area (Å²) in [6.07, 6.45) is 3.12. The molecule has 3 rings (SSSR count). The van der Waals surface area contributed by atoms with E-state index in [0.717, 1.165) is 22.9 Å². The highest BCUT2D eigenvalue weighted by Gasteiger charge is 2.18. The zero-order chi connectivity index (χ0) is 21.5. The monoisotopic (exact) mass is 440 g/mol. The minimum absolute atomic E-state index is 0.0620. The maximum Gasteiger partial charge on any atom is 0.321 e. The van der Waals surface area contributed by atoms with Crippen LogP contribution in [0.5, 0.6) is 0 Å². The molecule has 0 fully saturated rings. The summed E-state index contributed by atoms with van der Waals surface area (Å²) in [5.41, 5.74) is 1.59. The lowest BCUT2D eigenvalue weighted by atomic mass is 10.1. The van der Waals surface area contributed by atoms with Crippen molar-refractivity contribution < 1.29 is 9.59 Å². The highest BCUT2D eigenvalue weighted by Crippen LogP contribution is 2.32. The number of amides is 3. The summed E-state index contributed by atoms with van der Waals surface area (Å²) in [6.45, 7) is 7.72. The third kappa shape index (κ3) is 4.87. The van der Waals surface area contributed by atoms with Crippen LogP contribution in [0.1, 0.15) is 0 Å². The summed E-state index contributed by atoms with van der Waals surface area (Å²) in [7, 11) is 0. The van der Waals surface area contributed by atoms with Crippen molar-refractivity contribution in [2.45, 2.75) is 11.7 Å². The molecule has 0 atom stereocenters. The average Bonchev–Trinajstić information content (AvgIpc) is 3.18. The third-order valence-electron chi connectivity index (χ3n) is 4.05. The van der Waals surface area contributed by atoms with Gasteiger partial charge in [-0.2, -0.15) is 0 Å². The molecule has 30 heavy (non-hydrogen) atoms.